The van der Waals surface area contributed by atoms with Crippen LogP contribution in [0.5, 0.6) is 0 Å². The van der Waals surface area contributed by atoms with E-state index in [4.69, 9.17) is 0 Å². The normalized spacial score (nSPS) is 11.2. The molecule has 43 heavy (non-hydrogen) atoms. The first-order valence-electron chi connectivity index (χ1n) is 14.5. The van der Waals surface area contributed by atoms with E-state index in [0.717, 1.165) is 0 Å². The van der Waals surface area contributed by atoms with E-state index in [2.05, 4.69) is 165 Å². The minimum Gasteiger partial charge on any atom is -1.00 e. The van der Waals surface area contributed by atoms with Crippen LogP contribution >= 0.6 is 0 Å². The first-order chi connectivity index (χ1) is 18.9. The summed E-state index contributed by atoms with van der Waals surface area (Å²) in [7, 11) is 0. The Balaban J connectivity index is 0.000000281. The van der Waals surface area contributed by atoms with Crippen molar-refractivity contribution in [1.29, 1.82) is 0 Å². The molecule has 0 fully saturated rings. The minimum atomic E-state index is 0. The molecule has 0 heterocycles. The molecular weight excluding hydrogens is 643 g/mol. The van der Waals surface area contributed by atoms with Gasteiger partial charge in [-0.15, -0.1) is 69.1 Å². The van der Waals surface area contributed by atoms with Gasteiger partial charge in [0.15, 0.2) is 0 Å². The number of fused-ring (bicyclic) bond motifs is 2. The second kappa shape index (κ2) is 14.6. The zero-order chi connectivity index (χ0) is 28.7. The molecule has 0 aromatic heterocycles. The van der Waals surface area contributed by atoms with Gasteiger partial charge >= 0.3 is 26.2 Å². The van der Waals surface area contributed by atoms with Crippen molar-refractivity contribution >= 4 is 21.5 Å². The molecule has 3 heteroatoms. The molecule has 0 N–H and O–H groups in total. The van der Waals surface area contributed by atoms with Gasteiger partial charge in [0.2, 0.25) is 0 Å². The van der Waals surface area contributed by atoms with Crippen LogP contribution in [0.2, 0.25) is 0 Å². The molecule has 0 spiro atoms. The molecule has 0 radical (unpaired) electrons. The van der Waals surface area contributed by atoms with Gasteiger partial charge in [-0.2, -0.15) is 12.1 Å². The average molecular weight is 685 g/mol. The summed E-state index contributed by atoms with van der Waals surface area (Å²) in [5, 5.41) is 5.40. The number of halogens is 2. The van der Waals surface area contributed by atoms with Crippen molar-refractivity contribution < 1.29 is 51.0 Å². The summed E-state index contributed by atoms with van der Waals surface area (Å²) >= 11 is 0. The molecule has 220 valence electrons. The second-order valence-corrected chi connectivity index (χ2v) is 13.3. The fourth-order valence-corrected chi connectivity index (χ4v) is 5.98. The predicted molar refractivity (Wildman–Crippen MR) is 177 cm³/mol. The number of benzene rings is 4. The Kier molecular flexibility index (Phi) is 12.4. The van der Waals surface area contributed by atoms with Crippen molar-refractivity contribution in [2.75, 3.05) is 0 Å². The van der Waals surface area contributed by atoms with Gasteiger partial charge in [-0.3, -0.25) is 0 Å². The Morgan fingerprint density at radius 1 is 0.442 bits per heavy atom. The molecule has 0 aliphatic carbocycles. The largest absolute Gasteiger partial charge is 4.00 e. The van der Waals surface area contributed by atoms with Crippen LogP contribution < -0.4 is 24.8 Å². The third-order valence-electron chi connectivity index (χ3n) is 7.84. The van der Waals surface area contributed by atoms with Gasteiger partial charge in [-0.05, 0) is 33.1 Å². The van der Waals surface area contributed by atoms with E-state index in [1.165, 1.54) is 66.1 Å². The quantitative estimate of drug-likeness (QED) is 0.207. The van der Waals surface area contributed by atoms with E-state index in [0.29, 0.717) is 0 Å². The maximum atomic E-state index is 2.30. The van der Waals surface area contributed by atoms with Crippen molar-refractivity contribution in [2.45, 2.75) is 66.2 Å². The van der Waals surface area contributed by atoms with Crippen LogP contribution in [0.15, 0.2) is 109 Å². The molecule has 0 saturated carbocycles. The van der Waals surface area contributed by atoms with Crippen LogP contribution in [0.3, 0.4) is 0 Å². The molecule has 0 atom stereocenters. The first-order valence-corrected chi connectivity index (χ1v) is 14.5. The predicted octanol–water partition coefficient (Wildman–Crippen LogP) is 5.67. The number of rotatable bonds is 2. The zero-order valence-electron chi connectivity index (χ0n) is 26.6. The smallest absolute Gasteiger partial charge is 1.00 e. The van der Waals surface area contributed by atoms with E-state index in [1.807, 2.05) is 0 Å². The molecule has 6 aromatic rings. The monoisotopic (exact) mass is 682 g/mol. The molecule has 0 saturated heterocycles. The van der Waals surface area contributed by atoms with E-state index in [1.54, 1.807) is 0 Å². The van der Waals surface area contributed by atoms with E-state index in [9.17, 15) is 0 Å². The second-order valence-electron chi connectivity index (χ2n) is 13.3. The van der Waals surface area contributed by atoms with Crippen molar-refractivity contribution in [2.24, 2.45) is 0 Å². The standard InChI is InChI=1S/2C20H21.2ClH.Zr/c2*1-14-12-15-8-7-10-16(18(15)13-14)17-9-5-6-11-19(17)20(2,3)4;;;/h2*5-13H,1-4H3;2*1H;/q2*-1;;;+4/p-2. The number of hydrogen-bond acceptors (Lipinski definition) is 0. The molecule has 0 nitrogen and oxygen atoms in total. The molecule has 0 amide bonds. The third-order valence-corrected chi connectivity index (χ3v) is 7.84. The van der Waals surface area contributed by atoms with E-state index < -0.39 is 0 Å². The number of aryl methyl sites for hydroxylation is 2. The molecule has 0 unspecified atom stereocenters. The fraction of sp³-hybridized carbons (Fsp3) is 0.250. The maximum absolute atomic E-state index is 2.30. The van der Waals surface area contributed by atoms with E-state index >= 15 is 0 Å². The van der Waals surface area contributed by atoms with Crippen LogP contribution in [0.4, 0.5) is 0 Å². The zero-order valence-corrected chi connectivity index (χ0v) is 30.6. The summed E-state index contributed by atoms with van der Waals surface area (Å²) in [5.41, 5.74) is 11.2. The van der Waals surface area contributed by atoms with Gasteiger partial charge < -0.3 is 24.8 Å². The van der Waals surface area contributed by atoms with Crippen molar-refractivity contribution in [3.8, 4) is 22.3 Å². The van der Waals surface area contributed by atoms with Crippen LogP contribution in [0, 0.1) is 13.8 Å². The Hall–Kier alpha value is -2.44. The third kappa shape index (κ3) is 7.99. The van der Waals surface area contributed by atoms with Gasteiger partial charge in [-0.1, -0.05) is 127 Å². The SMILES string of the molecule is Cc1cc2c(-c3ccccc3C(C)(C)C)cccc2[cH-]1.Cc1cc2c(-c3ccccc3C(C)(C)C)cccc2[cH-]1.[Cl-].[Cl-].[Zr+4]. The van der Waals surface area contributed by atoms with Gasteiger partial charge in [0.25, 0.3) is 0 Å². The molecule has 0 aliphatic rings. The Morgan fingerprint density at radius 3 is 1.12 bits per heavy atom. The van der Waals surface area contributed by atoms with Crippen LogP contribution in [-0.4, -0.2) is 0 Å². The number of hydrogen-bond donors (Lipinski definition) is 0. The Morgan fingerprint density at radius 2 is 0.767 bits per heavy atom. The summed E-state index contributed by atoms with van der Waals surface area (Å²) in [4.78, 5) is 0. The molecule has 6 aromatic carbocycles. The first kappa shape index (κ1) is 36.8. The summed E-state index contributed by atoms with van der Waals surface area (Å²) in [6, 6.07) is 39.9. The summed E-state index contributed by atoms with van der Waals surface area (Å²) in [6.07, 6.45) is 0. The van der Waals surface area contributed by atoms with Crippen LogP contribution in [0.25, 0.3) is 43.8 Å². The summed E-state index contributed by atoms with van der Waals surface area (Å²) in [6.45, 7) is 18.0. The average Bonchev–Trinajstić information content (AvgIpc) is 3.48. The van der Waals surface area contributed by atoms with Crippen LogP contribution in [0.1, 0.15) is 63.8 Å². The maximum Gasteiger partial charge on any atom is 4.00 e. The minimum absolute atomic E-state index is 0. The molecule has 0 aliphatic heterocycles. The van der Waals surface area contributed by atoms with E-state index in [-0.39, 0.29) is 61.8 Å². The van der Waals surface area contributed by atoms with Gasteiger partial charge in [0.05, 0.1) is 0 Å². The van der Waals surface area contributed by atoms with Crippen molar-refractivity contribution in [3.63, 3.8) is 0 Å². The van der Waals surface area contributed by atoms with Gasteiger partial charge in [0, 0.05) is 0 Å². The van der Waals surface area contributed by atoms with Gasteiger partial charge in [0.1, 0.15) is 0 Å². The molecule has 6 rings (SSSR count). The molecular formula is C40H42Cl2Zr. The van der Waals surface area contributed by atoms with Crippen molar-refractivity contribution in [1.82, 2.24) is 0 Å². The summed E-state index contributed by atoms with van der Waals surface area (Å²) < 4.78 is 0. The van der Waals surface area contributed by atoms with Gasteiger partial charge in [-0.25, -0.2) is 0 Å². The molecule has 0 bridgehead atoms. The van der Waals surface area contributed by atoms with Crippen molar-refractivity contribution in [3.05, 3.63) is 131 Å². The Bertz CT molecular complexity index is 1650. The fourth-order valence-electron chi connectivity index (χ4n) is 5.98. The Labute approximate surface area is 290 Å². The summed E-state index contributed by atoms with van der Waals surface area (Å²) in [5.74, 6) is 0. The van der Waals surface area contributed by atoms with Crippen LogP contribution in [-0.2, 0) is 37.0 Å². The topological polar surface area (TPSA) is 0 Å².